The first-order valence-electron chi connectivity index (χ1n) is 7.64. The molecule has 0 aliphatic carbocycles. The Morgan fingerprint density at radius 3 is 2.65 bits per heavy atom. The molecule has 1 saturated heterocycles. The van der Waals surface area contributed by atoms with E-state index in [-0.39, 0.29) is 5.91 Å². The molecule has 0 bridgehead atoms. The fourth-order valence-corrected chi connectivity index (χ4v) is 2.86. The van der Waals surface area contributed by atoms with Crippen LogP contribution < -0.4 is 10.2 Å². The largest absolute Gasteiger partial charge is 0.378 e. The average molecular weight is 331 g/mol. The Balaban J connectivity index is 1.87. The highest BCUT2D eigenvalue weighted by molar-refractivity contribution is 6.31. The molecular formula is C18H19ClN2O2. The van der Waals surface area contributed by atoms with E-state index in [1.54, 1.807) is 6.07 Å². The van der Waals surface area contributed by atoms with E-state index in [0.29, 0.717) is 23.8 Å². The predicted octanol–water partition coefficient (Wildman–Crippen LogP) is 3.74. The third-order valence-electron chi connectivity index (χ3n) is 3.95. The van der Waals surface area contributed by atoms with Crippen LogP contribution in [0, 0.1) is 6.92 Å². The van der Waals surface area contributed by atoms with Gasteiger partial charge in [0, 0.05) is 23.7 Å². The molecule has 120 valence electrons. The molecule has 5 heteroatoms. The van der Waals surface area contributed by atoms with Crippen LogP contribution in [-0.4, -0.2) is 32.2 Å². The molecule has 0 radical (unpaired) electrons. The van der Waals surface area contributed by atoms with E-state index in [1.165, 1.54) is 0 Å². The number of hydrogen-bond donors (Lipinski definition) is 1. The molecular weight excluding hydrogens is 312 g/mol. The van der Waals surface area contributed by atoms with Gasteiger partial charge in [-0.05, 0) is 36.8 Å². The summed E-state index contributed by atoms with van der Waals surface area (Å²) in [7, 11) is 0. The van der Waals surface area contributed by atoms with Crippen LogP contribution >= 0.6 is 11.6 Å². The molecule has 2 aromatic carbocycles. The summed E-state index contributed by atoms with van der Waals surface area (Å²) < 4.78 is 5.40. The van der Waals surface area contributed by atoms with Crippen molar-refractivity contribution in [3.05, 3.63) is 58.6 Å². The monoisotopic (exact) mass is 330 g/mol. The highest BCUT2D eigenvalue weighted by atomic mass is 35.5. The number of nitrogens with zero attached hydrogens (tertiary/aromatic N) is 1. The lowest BCUT2D eigenvalue weighted by Crippen LogP contribution is -2.36. The molecule has 0 atom stereocenters. The van der Waals surface area contributed by atoms with Gasteiger partial charge in [0.15, 0.2) is 0 Å². The van der Waals surface area contributed by atoms with E-state index >= 15 is 0 Å². The zero-order valence-electron chi connectivity index (χ0n) is 13.0. The first kappa shape index (κ1) is 15.8. The summed E-state index contributed by atoms with van der Waals surface area (Å²) >= 11 is 6.14. The molecule has 0 aromatic heterocycles. The summed E-state index contributed by atoms with van der Waals surface area (Å²) in [6.07, 6.45) is 0. The van der Waals surface area contributed by atoms with Crippen molar-refractivity contribution in [3.63, 3.8) is 0 Å². The van der Waals surface area contributed by atoms with Gasteiger partial charge in [0.25, 0.3) is 5.91 Å². The number of hydrogen-bond acceptors (Lipinski definition) is 3. The Labute approximate surface area is 141 Å². The van der Waals surface area contributed by atoms with Gasteiger partial charge in [0.2, 0.25) is 0 Å². The van der Waals surface area contributed by atoms with Crippen molar-refractivity contribution in [2.45, 2.75) is 6.92 Å². The van der Waals surface area contributed by atoms with Crippen LogP contribution in [0.25, 0.3) is 0 Å². The van der Waals surface area contributed by atoms with Crippen molar-refractivity contribution in [3.8, 4) is 0 Å². The minimum Gasteiger partial charge on any atom is -0.378 e. The molecule has 1 fully saturated rings. The van der Waals surface area contributed by atoms with Crippen molar-refractivity contribution >= 4 is 28.9 Å². The topological polar surface area (TPSA) is 41.6 Å². The van der Waals surface area contributed by atoms with Gasteiger partial charge in [0.1, 0.15) is 0 Å². The number of benzene rings is 2. The van der Waals surface area contributed by atoms with E-state index in [9.17, 15) is 4.79 Å². The number of nitrogens with one attached hydrogen (secondary N) is 1. The molecule has 1 amide bonds. The molecule has 23 heavy (non-hydrogen) atoms. The van der Waals surface area contributed by atoms with Crippen molar-refractivity contribution in [1.82, 2.24) is 0 Å². The normalized spacial score (nSPS) is 14.6. The van der Waals surface area contributed by atoms with Gasteiger partial charge in [-0.1, -0.05) is 29.8 Å². The number of aryl methyl sites for hydroxylation is 1. The van der Waals surface area contributed by atoms with Crippen molar-refractivity contribution in [2.24, 2.45) is 0 Å². The summed E-state index contributed by atoms with van der Waals surface area (Å²) in [6.45, 7) is 4.86. The molecule has 2 aromatic rings. The first-order valence-corrected chi connectivity index (χ1v) is 8.02. The minimum absolute atomic E-state index is 0.111. The lowest BCUT2D eigenvalue weighted by molar-refractivity contribution is 0.102. The maximum absolute atomic E-state index is 12.6. The lowest BCUT2D eigenvalue weighted by atomic mass is 10.1. The van der Waals surface area contributed by atoms with Gasteiger partial charge < -0.3 is 15.0 Å². The van der Waals surface area contributed by atoms with Crippen LogP contribution in [0.4, 0.5) is 11.4 Å². The summed E-state index contributed by atoms with van der Waals surface area (Å²) in [5, 5.41) is 3.67. The van der Waals surface area contributed by atoms with Gasteiger partial charge >= 0.3 is 0 Å². The minimum atomic E-state index is -0.111. The predicted molar refractivity (Wildman–Crippen MR) is 93.6 cm³/mol. The zero-order valence-corrected chi connectivity index (χ0v) is 13.8. The van der Waals surface area contributed by atoms with Crippen LogP contribution in [0.1, 0.15) is 15.9 Å². The maximum atomic E-state index is 12.6. The lowest BCUT2D eigenvalue weighted by Gasteiger charge is -2.30. The Morgan fingerprint density at radius 2 is 1.91 bits per heavy atom. The van der Waals surface area contributed by atoms with Gasteiger partial charge in [-0.15, -0.1) is 0 Å². The second kappa shape index (κ2) is 7.02. The van der Waals surface area contributed by atoms with E-state index in [2.05, 4.69) is 10.2 Å². The third kappa shape index (κ3) is 3.66. The number of morpholine rings is 1. The smallest absolute Gasteiger partial charge is 0.255 e. The Bertz CT molecular complexity index is 712. The van der Waals surface area contributed by atoms with E-state index in [0.717, 1.165) is 30.0 Å². The van der Waals surface area contributed by atoms with Crippen molar-refractivity contribution < 1.29 is 9.53 Å². The van der Waals surface area contributed by atoms with Gasteiger partial charge in [-0.2, -0.15) is 0 Å². The van der Waals surface area contributed by atoms with Gasteiger partial charge in [-0.25, -0.2) is 0 Å². The molecule has 1 aliphatic rings. The molecule has 1 aliphatic heterocycles. The second-order valence-electron chi connectivity index (χ2n) is 5.53. The van der Waals surface area contributed by atoms with Gasteiger partial charge in [-0.3, -0.25) is 4.79 Å². The Morgan fingerprint density at radius 1 is 1.17 bits per heavy atom. The fourth-order valence-electron chi connectivity index (χ4n) is 2.69. The number of halogens is 1. The average Bonchev–Trinajstić information content (AvgIpc) is 2.57. The van der Waals surface area contributed by atoms with Crippen molar-refractivity contribution in [2.75, 3.05) is 36.5 Å². The molecule has 0 unspecified atom stereocenters. The standard InChI is InChI=1S/C18H19ClN2O2/c1-13-4-2-3-5-15(13)18(22)20-16-7-6-14(19)12-17(16)21-8-10-23-11-9-21/h2-7,12H,8-11H2,1H3,(H,20,22). The van der Waals surface area contributed by atoms with Crippen LogP contribution in [-0.2, 0) is 4.74 Å². The highest BCUT2D eigenvalue weighted by Crippen LogP contribution is 2.30. The Hall–Kier alpha value is -2.04. The maximum Gasteiger partial charge on any atom is 0.255 e. The van der Waals surface area contributed by atoms with Crippen LogP contribution in [0.2, 0.25) is 5.02 Å². The number of amides is 1. The van der Waals surface area contributed by atoms with E-state index in [4.69, 9.17) is 16.3 Å². The molecule has 0 spiro atoms. The molecule has 1 heterocycles. The van der Waals surface area contributed by atoms with Crippen LogP contribution in [0.3, 0.4) is 0 Å². The number of carbonyl (C=O) groups is 1. The molecule has 1 N–H and O–H groups in total. The summed E-state index contributed by atoms with van der Waals surface area (Å²) in [6, 6.07) is 13.1. The number of carbonyl (C=O) groups excluding carboxylic acids is 1. The first-order chi connectivity index (χ1) is 11.1. The van der Waals surface area contributed by atoms with Gasteiger partial charge in [0.05, 0.1) is 24.6 Å². The zero-order chi connectivity index (χ0) is 16.2. The van der Waals surface area contributed by atoms with E-state index < -0.39 is 0 Å². The Kier molecular flexibility index (Phi) is 4.84. The SMILES string of the molecule is Cc1ccccc1C(=O)Nc1ccc(Cl)cc1N1CCOCC1. The number of rotatable bonds is 3. The number of ether oxygens (including phenoxy) is 1. The van der Waals surface area contributed by atoms with Crippen LogP contribution in [0.15, 0.2) is 42.5 Å². The fraction of sp³-hybridized carbons (Fsp3) is 0.278. The summed E-state index contributed by atoms with van der Waals surface area (Å²) in [4.78, 5) is 14.8. The summed E-state index contributed by atoms with van der Waals surface area (Å²) in [5.74, 6) is -0.111. The van der Waals surface area contributed by atoms with E-state index in [1.807, 2.05) is 43.3 Å². The summed E-state index contributed by atoms with van der Waals surface area (Å²) in [5.41, 5.74) is 3.33. The molecule has 3 rings (SSSR count). The van der Waals surface area contributed by atoms with Crippen LogP contribution in [0.5, 0.6) is 0 Å². The third-order valence-corrected chi connectivity index (χ3v) is 4.18. The van der Waals surface area contributed by atoms with Crippen molar-refractivity contribution in [1.29, 1.82) is 0 Å². The quantitative estimate of drug-likeness (QED) is 0.932. The second-order valence-corrected chi connectivity index (χ2v) is 5.97. The highest BCUT2D eigenvalue weighted by Gasteiger charge is 2.17. The molecule has 4 nitrogen and oxygen atoms in total. The molecule has 0 saturated carbocycles. The number of anilines is 2.